The summed E-state index contributed by atoms with van der Waals surface area (Å²) in [7, 11) is 1.39. The van der Waals surface area contributed by atoms with Gasteiger partial charge in [0.15, 0.2) is 0 Å². The maximum atomic E-state index is 11.9. The van der Waals surface area contributed by atoms with E-state index < -0.39 is 0 Å². The molecule has 15 heavy (non-hydrogen) atoms. The predicted octanol–water partition coefficient (Wildman–Crippen LogP) is 0.950. The molecule has 1 heterocycles. The number of methoxy groups -OCH3 is 1. The van der Waals surface area contributed by atoms with Gasteiger partial charge in [0.2, 0.25) is 5.91 Å². The maximum Gasteiger partial charge on any atom is 0.328 e. The number of piperidine rings is 1. The molecule has 1 saturated carbocycles. The second kappa shape index (κ2) is 4.21. The molecule has 0 N–H and O–H groups in total. The molecule has 0 aromatic carbocycles. The van der Waals surface area contributed by atoms with Gasteiger partial charge in [0.1, 0.15) is 6.04 Å². The van der Waals surface area contributed by atoms with Crippen molar-refractivity contribution in [2.45, 2.75) is 38.1 Å². The summed E-state index contributed by atoms with van der Waals surface area (Å²) in [5.41, 5.74) is 0. The minimum atomic E-state index is -0.322. The fraction of sp³-hybridized carbons (Fsp3) is 0.818. The van der Waals surface area contributed by atoms with E-state index in [-0.39, 0.29) is 23.8 Å². The van der Waals surface area contributed by atoms with Crippen LogP contribution < -0.4 is 0 Å². The first kappa shape index (κ1) is 10.5. The van der Waals surface area contributed by atoms with Crippen LogP contribution in [0.3, 0.4) is 0 Å². The lowest BCUT2D eigenvalue weighted by Gasteiger charge is -2.33. The number of carbonyl (C=O) groups is 2. The number of rotatable bonds is 2. The van der Waals surface area contributed by atoms with Crippen LogP contribution in [0.1, 0.15) is 32.1 Å². The number of hydrogen-bond donors (Lipinski definition) is 0. The molecule has 2 rings (SSSR count). The van der Waals surface area contributed by atoms with E-state index in [0.717, 1.165) is 38.6 Å². The lowest BCUT2D eigenvalue weighted by molar-refractivity contribution is -0.155. The van der Waals surface area contributed by atoms with Crippen LogP contribution in [-0.4, -0.2) is 36.5 Å². The molecule has 0 spiro atoms. The van der Waals surface area contributed by atoms with Crippen molar-refractivity contribution >= 4 is 11.9 Å². The first-order chi connectivity index (χ1) is 7.24. The van der Waals surface area contributed by atoms with Crippen LogP contribution in [0.15, 0.2) is 0 Å². The summed E-state index contributed by atoms with van der Waals surface area (Å²) >= 11 is 0. The van der Waals surface area contributed by atoms with Gasteiger partial charge in [-0.25, -0.2) is 4.79 Å². The van der Waals surface area contributed by atoms with Crippen LogP contribution in [0.2, 0.25) is 0 Å². The van der Waals surface area contributed by atoms with Gasteiger partial charge >= 0.3 is 5.97 Å². The minimum absolute atomic E-state index is 0.158. The summed E-state index contributed by atoms with van der Waals surface area (Å²) in [6.45, 7) is 0.717. The molecular formula is C11H17NO3. The quantitative estimate of drug-likeness (QED) is 0.639. The largest absolute Gasteiger partial charge is 0.467 e. The van der Waals surface area contributed by atoms with Crippen molar-refractivity contribution in [2.24, 2.45) is 5.92 Å². The zero-order chi connectivity index (χ0) is 10.8. The number of hydrogen-bond acceptors (Lipinski definition) is 3. The van der Waals surface area contributed by atoms with Gasteiger partial charge in [-0.05, 0) is 32.1 Å². The summed E-state index contributed by atoms with van der Waals surface area (Å²) < 4.78 is 4.74. The van der Waals surface area contributed by atoms with Gasteiger partial charge in [-0.15, -0.1) is 0 Å². The van der Waals surface area contributed by atoms with Crippen molar-refractivity contribution in [1.82, 2.24) is 4.90 Å². The second-order valence-corrected chi connectivity index (χ2v) is 4.34. The van der Waals surface area contributed by atoms with Gasteiger partial charge in [0.25, 0.3) is 0 Å². The summed E-state index contributed by atoms with van der Waals surface area (Å²) in [4.78, 5) is 25.1. The van der Waals surface area contributed by atoms with Crippen LogP contribution in [0, 0.1) is 5.92 Å². The Balaban J connectivity index is 2.04. The summed E-state index contributed by atoms with van der Waals surface area (Å²) in [5, 5.41) is 0. The highest BCUT2D eigenvalue weighted by molar-refractivity contribution is 5.87. The highest BCUT2D eigenvalue weighted by Gasteiger charge is 2.39. The predicted molar refractivity (Wildman–Crippen MR) is 54.1 cm³/mol. The van der Waals surface area contributed by atoms with Crippen molar-refractivity contribution in [3.8, 4) is 0 Å². The number of likely N-dealkylation sites (tertiary alicyclic amines) is 1. The normalized spacial score (nSPS) is 26.2. The third-order valence-corrected chi connectivity index (χ3v) is 3.19. The van der Waals surface area contributed by atoms with Crippen molar-refractivity contribution < 1.29 is 14.3 Å². The summed E-state index contributed by atoms with van der Waals surface area (Å²) in [5.74, 6) is 0.0871. The fourth-order valence-corrected chi connectivity index (χ4v) is 2.14. The molecule has 1 amide bonds. The minimum Gasteiger partial charge on any atom is -0.467 e. The first-order valence-corrected chi connectivity index (χ1v) is 5.62. The number of nitrogens with zero attached hydrogens (tertiary/aromatic N) is 1. The Morgan fingerprint density at radius 2 is 1.93 bits per heavy atom. The van der Waals surface area contributed by atoms with E-state index in [4.69, 9.17) is 4.74 Å². The van der Waals surface area contributed by atoms with Gasteiger partial charge in [-0.3, -0.25) is 4.79 Å². The SMILES string of the molecule is COC(=O)[C@H]1CCCCN1C(=O)C1CC1. The molecule has 0 radical (unpaired) electrons. The summed E-state index contributed by atoms with van der Waals surface area (Å²) in [6, 6.07) is -0.322. The number of amides is 1. The van der Waals surface area contributed by atoms with Crippen molar-refractivity contribution in [1.29, 1.82) is 0 Å². The lowest BCUT2D eigenvalue weighted by Crippen LogP contribution is -2.49. The van der Waals surface area contributed by atoms with E-state index in [2.05, 4.69) is 0 Å². The van der Waals surface area contributed by atoms with Gasteiger partial charge in [0, 0.05) is 12.5 Å². The van der Waals surface area contributed by atoms with Crippen LogP contribution >= 0.6 is 0 Å². The molecule has 4 heteroatoms. The van der Waals surface area contributed by atoms with E-state index >= 15 is 0 Å². The molecule has 2 fully saturated rings. The number of carbonyl (C=O) groups excluding carboxylic acids is 2. The first-order valence-electron chi connectivity index (χ1n) is 5.62. The lowest BCUT2D eigenvalue weighted by atomic mass is 10.0. The van der Waals surface area contributed by atoms with E-state index in [1.165, 1.54) is 7.11 Å². The monoisotopic (exact) mass is 211 g/mol. The molecule has 4 nitrogen and oxygen atoms in total. The molecule has 0 aromatic heterocycles. The zero-order valence-electron chi connectivity index (χ0n) is 9.07. The van der Waals surface area contributed by atoms with Gasteiger partial charge < -0.3 is 9.64 Å². The van der Waals surface area contributed by atoms with Gasteiger partial charge in [-0.1, -0.05) is 0 Å². The fourth-order valence-electron chi connectivity index (χ4n) is 2.14. The molecule has 1 atom stereocenters. The maximum absolute atomic E-state index is 11.9. The molecule has 0 bridgehead atoms. The van der Waals surface area contributed by atoms with Crippen molar-refractivity contribution in [3.05, 3.63) is 0 Å². The average molecular weight is 211 g/mol. The van der Waals surface area contributed by atoms with Crippen LogP contribution in [0.5, 0.6) is 0 Å². The van der Waals surface area contributed by atoms with Gasteiger partial charge in [-0.2, -0.15) is 0 Å². The third-order valence-electron chi connectivity index (χ3n) is 3.19. The topological polar surface area (TPSA) is 46.6 Å². The molecule has 84 valence electrons. The molecular weight excluding hydrogens is 194 g/mol. The second-order valence-electron chi connectivity index (χ2n) is 4.34. The van der Waals surface area contributed by atoms with E-state index in [1.54, 1.807) is 4.90 Å². The summed E-state index contributed by atoms with van der Waals surface area (Å²) in [6.07, 6.45) is 4.75. The molecule has 2 aliphatic rings. The van der Waals surface area contributed by atoms with Crippen molar-refractivity contribution in [2.75, 3.05) is 13.7 Å². The molecule has 1 aliphatic carbocycles. The van der Waals surface area contributed by atoms with Crippen LogP contribution in [0.25, 0.3) is 0 Å². The van der Waals surface area contributed by atoms with Crippen LogP contribution in [-0.2, 0) is 14.3 Å². The number of esters is 1. The highest BCUT2D eigenvalue weighted by Crippen LogP contribution is 2.33. The Labute approximate surface area is 89.6 Å². The molecule has 0 unspecified atom stereocenters. The van der Waals surface area contributed by atoms with E-state index in [1.807, 2.05) is 0 Å². The third kappa shape index (κ3) is 2.13. The standard InChI is InChI=1S/C11H17NO3/c1-15-11(14)9-4-2-3-7-12(9)10(13)8-5-6-8/h8-9H,2-7H2,1H3/t9-/m1/s1. The van der Waals surface area contributed by atoms with E-state index in [9.17, 15) is 9.59 Å². The Kier molecular flexibility index (Phi) is 2.93. The van der Waals surface area contributed by atoms with Crippen molar-refractivity contribution in [3.63, 3.8) is 0 Å². The Hall–Kier alpha value is -1.06. The molecule has 0 aromatic rings. The van der Waals surface area contributed by atoms with Gasteiger partial charge in [0.05, 0.1) is 7.11 Å². The number of ether oxygens (including phenoxy) is 1. The zero-order valence-corrected chi connectivity index (χ0v) is 9.07. The Morgan fingerprint density at radius 1 is 1.20 bits per heavy atom. The van der Waals surface area contributed by atoms with E-state index in [0.29, 0.717) is 0 Å². The average Bonchev–Trinajstić information content (AvgIpc) is 3.11. The highest BCUT2D eigenvalue weighted by atomic mass is 16.5. The molecule has 1 saturated heterocycles. The molecule has 1 aliphatic heterocycles. The Bertz CT molecular complexity index is 273. The Morgan fingerprint density at radius 3 is 2.53 bits per heavy atom. The smallest absolute Gasteiger partial charge is 0.328 e. The van der Waals surface area contributed by atoms with Crippen LogP contribution in [0.4, 0.5) is 0 Å².